The normalized spacial score (nSPS) is 17.1. The van der Waals surface area contributed by atoms with Crippen LogP contribution < -0.4 is 5.32 Å². The first-order chi connectivity index (χ1) is 12.2. The van der Waals surface area contributed by atoms with Crippen LogP contribution in [0.15, 0.2) is 23.1 Å². The van der Waals surface area contributed by atoms with Gasteiger partial charge in [-0.05, 0) is 63.3 Å². The van der Waals surface area contributed by atoms with Crippen LogP contribution in [-0.2, 0) is 10.0 Å². The molecule has 1 aliphatic rings. The molecule has 0 saturated carbocycles. The molecule has 1 aromatic heterocycles. The highest BCUT2D eigenvalue weighted by atomic mass is 32.2. The summed E-state index contributed by atoms with van der Waals surface area (Å²) in [4.78, 5) is 15.7. The van der Waals surface area contributed by atoms with Gasteiger partial charge in [0.1, 0.15) is 5.69 Å². The van der Waals surface area contributed by atoms with Crippen molar-refractivity contribution in [3.05, 3.63) is 29.5 Å². The van der Waals surface area contributed by atoms with Crippen molar-refractivity contribution in [2.45, 2.75) is 51.5 Å². The molecule has 0 radical (unpaired) electrons. The van der Waals surface area contributed by atoms with Crippen molar-refractivity contribution >= 4 is 26.8 Å². The number of carbonyl (C=O) groups excluding carboxylic acids is 1. The standard InChI is InChI=1S/C19H27N3O3S/c1-12(2)20-19(23)18-14(4)16-11-15(5-6-17(16)21-18)26(24,25)22-9-7-13(3)8-10-22/h5-6,11-13,21H,7-10H2,1-4H3,(H,20,23). The highest BCUT2D eigenvalue weighted by molar-refractivity contribution is 7.89. The summed E-state index contributed by atoms with van der Waals surface area (Å²) in [5, 5.41) is 3.63. The summed E-state index contributed by atoms with van der Waals surface area (Å²) >= 11 is 0. The van der Waals surface area contributed by atoms with Crippen molar-refractivity contribution in [3.8, 4) is 0 Å². The summed E-state index contributed by atoms with van der Waals surface area (Å²) in [5.41, 5.74) is 2.01. The van der Waals surface area contributed by atoms with Gasteiger partial charge in [0.25, 0.3) is 5.91 Å². The SMILES string of the molecule is Cc1c(C(=O)NC(C)C)[nH]c2ccc(S(=O)(=O)N3CCC(C)CC3)cc12. The van der Waals surface area contributed by atoms with E-state index in [1.165, 1.54) is 0 Å². The van der Waals surface area contributed by atoms with Crippen molar-refractivity contribution in [2.75, 3.05) is 13.1 Å². The number of sulfonamides is 1. The fourth-order valence-electron chi connectivity index (χ4n) is 3.40. The lowest BCUT2D eigenvalue weighted by atomic mass is 10.0. The summed E-state index contributed by atoms with van der Waals surface area (Å²) in [6.07, 6.45) is 1.79. The number of amides is 1. The molecular weight excluding hydrogens is 350 g/mol. The van der Waals surface area contributed by atoms with E-state index in [2.05, 4.69) is 17.2 Å². The summed E-state index contributed by atoms with van der Waals surface area (Å²) in [5.74, 6) is 0.390. The summed E-state index contributed by atoms with van der Waals surface area (Å²) in [6.45, 7) is 8.93. The second kappa shape index (κ2) is 7.04. The molecule has 3 rings (SSSR count). The molecule has 1 amide bonds. The maximum atomic E-state index is 13.0. The van der Waals surface area contributed by atoms with E-state index in [0.29, 0.717) is 24.7 Å². The molecule has 0 aliphatic carbocycles. The van der Waals surface area contributed by atoms with Crippen LogP contribution in [0.25, 0.3) is 10.9 Å². The van der Waals surface area contributed by atoms with Gasteiger partial charge < -0.3 is 10.3 Å². The zero-order chi connectivity index (χ0) is 19.1. The van der Waals surface area contributed by atoms with E-state index in [1.54, 1.807) is 22.5 Å². The van der Waals surface area contributed by atoms with Gasteiger partial charge in [-0.2, -0.15) is 4.31 Å². The third-order valence-electron chi connectivity index (χ3n) is 5.06. The molecule has 1 aromatic carbocycles. The monoisotopic (exact) mass is 377 g/mol. The minimum Gasteiger partial charge on any atom is -0.350 e. The molecule has 2 heterocycles. The zero-order valence-corrected chi connectivity index (χ0v) is 16.6. The Hall–Kier alpha value is -1.86. The third-order valence-corrected chi connectivity index (χ3v) is 6.95. The van der Waals surface area contributed by atoms with E-state index in [-0.39, 0.29) is 16.8 Å². The third kappa shape index (κ3) is 3.50. The van der Waals surface area contributed by atoms with E-state index in [1.807, 2.05) is 20.8 Å². The van der Waals surface area contributed by atoms with Gasteiger partial charge >= 0.3 is 0 Å². The molecule has 0 spiro atoms. The van der Waals surface area contributed by atoms with Crippen LogP contribution in [0.2, 0.25) is 0 Å². The maximum Gasteiger partial charge on any atom is 0.268 e. The van der Waals surface area contributed by atoms with Crippen LogP contribution >= 0.6 is 0 Å². The number of aryl methyl sites for hydroxylation is 1. The first-order valence-electron chi connectivity index (χ1n) is 9.13. The van der Waals surface area contributed by atoms with E-state index < -0.39 is 10.0 Å². The molecule has 2 N–H and O–H groups in total. The highest BCUT2D eigenvalue weighted by Gasteiger charge is 2.28. The fourth-order valence-corrected chi connectivity index (χ4v) is 4.90. The van der Waals surface area contributed by atoms with Crippen molar-refractivity contribution in [3.63, 3.8) is 0 Å². The summed E-state index contributed by atoms with van der Waals surface area (Å²) in [7, 11) is -3.50. The molecule has 0 atom stereocenters. The Balaban J connectivity index is 1.96. The Bertz CT molecular complexity index is 923. The lowest BCUT2D eigenvalue weighted by molar-refractivity contribution is 0.0938. The molecule has 6 nitrogen and oxygen atoms in total. The number of benzene rings is 1. The average Bonchev–Trinajstić information content (AvgIpc) is 2.91. The first kappa shape index (κ1) is 18.9. The minimum absolute atomic E-state index is 0.0331. The van der Waals surface area contributed by atoms with Crippen LogP contribution in [0.3, 0.4) is 0 Å². The summed E-state index contributed by atoms with van der Waals surface area (Å²) in [6, 6.07) is 5.08. The van der Waals surface area contributed by atoms with Crippen LogP contribution in [0.4, 0.5) is 0 Å². The van der Waals surface area contributed by atoms with Gasteiger partial charge in [-0.25, -0.2) is 8.42 Å². The van der Waals surface area contributed by atoms with Gasteiger partial charge in [-0.3, -0.25) is 4.79 Å². The van der Waals surface area contributed by atoms with Gasteiger partial charge in [0.2, 0.25) is 10.0 Å². The number of piperidine rings is 1. The number of rotatable bonds is 4. The molecule has 0 bridgehead atoms. The molecule has 7 heteroatoms. The molecule has 0 unspecified atom stereocenters. The van der Waals surface area contributed by atoms with Crippen molar-refractivity contribution < 1.29 is 13.2 Å². The molecule has 26 heavy (non-hydrogen) atoms. The minimum atomic E-state index is -3.50. The Morgan fingerprint density at radius 1 is 1.27 bits per heavy atom. The zero-order valence-electron chi connectivity index (χ0n) is 15.8. The molecule has 142 valence electrons. The average molecular weight is 378 g/mol. The van der Waals surface area contributed by atoms with E-state index in [9.17, 15) is 13.2 Å². The maximum absolute atomic E-state index is 13.0. The molecule has 1 aliphatic heterocycles. The first-order valence-corrected chi connectivity index (χ1v) is 10.6. The number of hydrogen-bond donors (Lipinski definition) is 2. The second-order valence-corrected chi connectivity index (χ2v) is 9.49. The second-order valence-electron chi connectivity index (χ2n) is 7.55. The van der Waals surface area contributed by atoms with Crippen LogP contribution in [0.1, 0.15) is 49.7 Å². The Kier molecular flexibility index (Phi) is 5.12. The Morgan fingerprint density at radius 3 is 2.54 bits per heavy atom. The number of H-pyrrole nitrogens is 1. The van der Waals surface area contributed by atoms with Crippen molar-refractivity contribution in [1.29, 1.82) is 0 Å². The lowest BCUT2D eigenvalue weighted by Crippen LogP contribution is -2.37. The predicted molar refractivity (Wildman–Crippen MR) is 103 cm³/mol. The van der Waals surface area contributed by atoms with Crippen LogP contribution in [0.5, 0.6) is 0 Å². The number of nitrogens with zero attached hydrogens (tertiary/aromatic N) is 1. The van der Waals surface area contributed by atoms with Crippen molar-refractivity contribution in [2.24, 2.45) is 5.92 Å². The summed E-state index contributed by atoms with van der Waals surface area (Å²) < 4.78 is 27.5. The molecule has 2 aromatic rings. The van der Waals surface area contributed by atoms with Gasteiger partial charge in [0.05, 0.1) is 4.90 Å². The van der Waals surface area contributed by atoms with Gasteiger partial charge in [-0.15, -0.1) is 0 Å². The van der Waals surface area contributed by atoms with Gasteiger partial charge in [0.15, 0.2) is 0 Å². The number of fused-ring (bicyclic) bond motifs is 1. The quantitative estimate of drug-likeness (QED) is 0.859. The highest BCUT2D eigenvalue weighted by Crippen LogP contribution is 2.28. The number of carbonyl (C=O) groups is 1. The lowest BCUT2D eigenvalue weighted by Gasteiger charge is -2.29. The number of aromatic amines is 1. The smallest absolute Gasteiger partial charge is 0.268 e. The largest absolute Gasteiger partial charge is 0.350 e. The molecular formula is C19H27N3O3S. The fraction of sp³-hybridized carbons (Fsp3) is 0.526. The Labute approximate surface area is 155 Å². The Morgan fingerprint density at radius 2 is 1.92 bits per heavy atom. The molecule has 1 saturated heterocycles. The van der Waals surface area contributed by atoms with Gasteiger partial charge in [-0.1, -0.05) is 6.92 Å². The number of hydrogen-bond acceptors (Lipinski definition) is 3. The predicted octanol–water partition coefficient (Wildman–Crippen LogP) is 3.04. The van der Waals surface area contributed by atoms with E-state index in [4.69, 9.17) is 0 Å². The topological polar surface area (TPSA) is 82.3 Å². The van der Waals surface area contributed by atoms with E-state index in [0.717, 1.165) is 29.3 Å². The number of aromatic nitrogens is 1. The van der Waals surface area contributed by atoms with Crippen LogP contribution in [0, 0.1) is 12.8 Å². The van der Waals surface area contributed by atoms with Crippen molar-refractivity contribution in [1.82, 2.24) is 14.6 Å². The van der Waals surface area contributed by atoms with Gasteiger partial charge in [0, 0.05) is 30.0 Å². The van der Waals surface area contributed by atoms with E-state index >= 15 is 0 Å². The number of nitrogens with one attached hydrogen (secondary N) is 2. The molecule has 1 fully saturated rings. The van der Waals surface area contributed by atoms with Crippen LogP contribution in [-0.4, -0.2) is 42.7 Å².